The highest BCUT2D eigenvalue weighted by atomic mass is 35.5. The first-order chi connectivity index (χ1) is 8.00. The maximum atomic E-state index is 11.5. The number of aryl methyl sites for hydroxylation is 1. The molecule has 1 unspecified atom stereocenters. The number of carboxylic acid groups (broad SMARTS) is 1. The number of aliphatic carboxylic acids is 1. The van der Waals surface area contributed by atoms with Gasteiger partial charge >= 0.3 is 5.97 Å². The number of halogens is 1. The zero-order chi connectivity index (χ0) is 12.6. The molecule has 1 heterocycles. The Balaban J connectivity index is 2.39. The van der Waals surface area contributed by atoms with Crippen LogP contribution in [0, 0.1) is 0 Å². The minimum Gasteiger partial charge on any atom is -0.480 e. The molecule has 0 saturated heterocycles. The largest absolute Gasteiger partial charge is 0.480 e. The number of carboxylic acids is 1. The van der Waals surface area contributed by atoms with Crippen molar-refractivity contribution < 1.29 is 14.7 Å². The lowest BCUT2D eigenvalue weighted by atomic mass is 9.98. The molecule has 1 amide bonds. The van der Waals surface area contributed by atoms with E-state index in [2.05, 4.69) is 0 Å². The number of anilines is 1. The van der Waals surface area contributed by atoms with E-state index >= 15 is 0 Å². The Hall–Kier alpha value is -1.55. The van der Waals surface area contributed by atoms with Gasteiger partial charge in [0.15, 0.2) is 5.38 Å². The molecule has 1 aromatic rings. The summed E-state index contributed by atoms with van der Waals surface area (Å²) in [7, 11) is 1.72. The van der Waals surface area contributed by atoms with Crippen molar-refractivity contribution >= 4 is 29.2 Å². The van der Waals surface area contributed by atoms with E-state index in [9.17, 15) is 9.59 Å². The average Bonchev–Trinajstić information content (AvgIpc) is 2.32. The number of amides is 1. The Bertz CT molecular complexity index is 487. The van der Waals surface area contributed by atoms with E-state index in [4.69, 9.17) is 16.7 Å². The molecule has 90 valence electrons. The maximum Gasteiger partial charge on any atom is 0.326 e. The molecule has 0 aliphatic carbocycles. The fourth-order valence-corrected chi connectivity index (χ4v) is 2.11. The summed E-state index contributed by atoms with van der Waals surface area (Å²) in [5.41, 5.74) is 2.36. The number of hydrogen-bond donors (Lipinski definition) is 1. The molecule has 0 radical (unpaired) electrons. The number of carbonyl (C=O) groups is 2. The predicted molar refractivity (Wildman–Crippen MR) is 64.4 cm³/mol. The van der Waals surface area contributed by atoms with Crippen LogP contribution >= 0.6 is 11.6 Å². The molecule has 1 N–H and O–H groups in total. The van der Waals surface area contributed by atoms with Gasteiger partial charge in [-0.3, -0.25) is 9.59 Å². The monoisotopic (exact) mass is 253 g/mol. The van der Waals surface area contributed by atoms with Gasteiger partial charge < -0.3 is 10.0 Å². The lowest BCUT2D eigenvalue weighted by Crippen LogP contribution is -2.31. The zero-order valence-corrected chi connectivity index (χ0v) is 10.1. The molecule has 0 spiro atoms. The lowest BCUT2D eigenvalue weighted by molar-refractivity contribution is -0.136. The number of carbonyl (C=O) groups excluding carboxylic acids is 1. The fraction of sp³-hybridized carbons (Fsp3) is 0.333. The third-order valence-electron chi connectivity index (χ3n) is 2.96. The summed E-state index contributed by atoms with van der Waals surface area (Å²) in [4.78, 5) is 23.9. The molecule has 0 fully saturated rings. The molecule has 1 aromatic carbocycles. The van der Waals surface area contributed by atoms with Crippen LogP contribution in [0.5, 0.6) is 0 Å². The van der Waals surface area contributed by atoms with Crippen LogP contribution in [0.1, 0.15) is 22.9 Å². The van der Waals surface area contributed by atoms with Gasteiger partial charge in [0, 0.05) is 19.2 Å². The van der Waals surface area contributed by atoms with Gasteiger partial charge in [0.25, 0.3) is 0 Å². The van der Waals surface area contributed by atoms with Crippen LogP contribution in [0.15, 0.2) is 18.2 Å². The van der Waals surface area contributed by atoms with Crippen LogP contribution in [-0.4, -0.2) is 24.0 Å². The smallest absolute Gasteiger partial charge is 0.326 e. The van der Waals surface area contributed by atoms with Gasteiger partial charge in [0.1, 0.15) is 0 Å². The molecule has 0 aromatic heterocycles. The standard InChI is InChI=1S/C12H12ClNO3/c1-14-9-4-2-8(11(13)12(16)17)6-7(9)3-5-10(14)15/h2,4,6,11H,3,5H2,1H3,(H,16,17). The highest BCUT2D eigenvalue weighted by molar-refractivity contribution is 6.29. The second kappa shape index (κ2) is 4.37. The summed E-state index contributed by atoms with van der Waals surface area (Å²) < 4.78 is 0. The summed E-state index contributed by atoms with van der Waals surface area (Å²) >= 11 is 5.77. The van der Waals surface area contributed by atoms with Crippen LogP contribution in [0.2, 0.25) is 0 Å². The quantitative estimate of drug-likeness (QED) is 0.820. The zero-order valence-electron chi connectivity index (χ0n) is 9.31. The minimum absolute atomic E-state index is 0.0749. The molecule has 1 atom stereocenters. The third-order valence-corrected chi connectivity index (χ3v) is 3.40. The summed E-state index contributed by atoms with van der Waals surface area (Å²) in [5.74, 6) is -0.988. The number of alkyl halides is 1. The molecule has 1 aliphatic rings. The number of benzene rings is 1. The van der Waals surface area contributed by atoms with Gasteiger partial charge in [-0.05, 0) is 23.6 Å². The van der Waals surface area contributed by atoms with E-state index in [-0.39, 0.29) is 5.91 Å². The fourth-order valence-electron chi connectivity index (χ4n) is 1.98. The van der Waals surface area contributed by atoms with Gasteiger partial charge in [-0.25, -0.2) is 0 Å². The first kappa shape index (κ1) is 11.9. The molecule has 17 heavy (non-hydrogen) atoms. The van der Waals surface area contributed by atoms with E-state index in [1.807, 2.05) is 0 Å². The number of nitrogens with zero attached hydrogens (tertiary/aromatic N) is 1. The molecule has 1 aliphatic heterocycles. The Morgan fingerprint density at radius 2 is 2.18 bits per heavy atom. The summed E-state index contributed by atoms with van der Waals surface area (Å²) in [5, 5.41) is 7.80. The SMILES string of the molecule is CN1C(=O)CCc2cc(C(Cl)C(=O)O)ccc21. The van der Waals surface area contributed by atoms with Crippen molar-refractivity contribution in [2.45, 2.75) is 18.2 Å². The number of rotatable bonds is 2. The van der Waals surface area contributed by atoms with Crippen molar-refractivity contribution in [2.75, 3.05) is 11.9 Å². The van der Waals surface area contributed by atoms with E-state index in [0.717, 1.165) is 11.3 Å². The average molecular weight is 254 g/mol. The highest BCUT2D eigenvalue weighted by Gasteiger charge is 2.23. The highest BCUT2D eigenvalue weighted by Crippen LogP contribution is 2.31. The molecule has 2 rings (SSSR count). The number of fused-ring (bicyclic) bond motifs is 1. The molecular formula is C12H12ClNO3. The van der Waals surface area contributed by atoms with E-state index in [0.29, 0.717) is 18.4 Å². The van der Waals surface area contributed by atoms with Crippen LogP contribution in [0.3, 0.4) is 0 Å². The molecule has 0 saturated carbocycles. The maximum absolute atomic E-state index is 11.5. The molecular weight excluding hydrogens is 242 g/mol. The third kappa shape index (κ3) is 2.13. The molecule has 0 bridgehead atoms. The Labute approximate surface area is 104 Å². The van der Waals surface area contributed by atoms with Crippen molar-refractivity contribution in [3.8, 4) is 0 Å². The summed E-state index contributed by atoms with van der Waals surface area (Å²) in [6, 6.07) is 5.17. The normalized spacial score (nSPS) is 16.6. The van der Waals surface area contributed by atoms with Crippen molar-refractivity contribution in [1.82, 2.24) is 0 Å². The summed E-state index contributed by atoms with van der Waals surface area (Å²) in [6.07, 6.45) is 1.09. The van der Waals surface area contributed by atoms with Crippen LogP contribution in [0.25, 0.3) is 0 Å². The Morgan fingerprint density at radius 3 is 2.82 bits per heavy atom. The topological polar surface area (TPSA) is 57.6 Å². The lowest BCUT2D eigenvalue weighted by Gasteiger charge is -2.26. The van der Waals surface area contributed by atoms with Crippen molar-refractivity contribution in [3.05, 3.63) is 29.3 Å². The van der Waals surface area contributed by atoms with Crippen LogP contribution < -0.4 is 4.90 Å². The van der Waals surface area contributed by atoms with Crippen molar-refractivity contribution in [3.63, 3.8) is 0 Å². The number of hydrogen-bond acceptors (Lipinski definition) is 2. The molecule has 4 nitrogen and oxygen atoms in total. The van der Waals surface area contributed by atoms with E-state index < -0.39 is 11.3 Å². The second-order valence-electron chi connectivity index (χ2n) is 4.04. The Morgan fingerprint density at radius 1 is 1.47 bits per heavy atom. The van der Waals surface area contributed by atoms with Crippen LogP contribution in [0.4, 0.5) is 5.69 Å². The predicted octanol–water partition coefficient (Wildman–Crippen LogP) is 1.96. The van der Waals surface area contributed by atoms with Crippen molar-refractivity contribution in [1.29, 1.82) is 0 Å². The van der Waals surface area contributed by atoms with E-state index in [1.54, 1.807) is 30.1 Å². The van der Waals surface area contributed by atoms with Crippen molar-refractivity contribution in [2.24, 2.45) is 0 Å². The first-order valence-corrected chi connectivity index (χ1v) is 5.70. The summed E-state index contributed by atoms with van der Waals surface area (Å²) in [6.45, 7) is 0. The van der Waals surface area contributed by atoms with Crippen LogP contribution in [-0.2, 0) is 16.0 Å². The van der Waals surface area contributed by atoms with Gasteiger partial charge in [-0.2, -0.15) is 0 Å². The second-order valence-corrected chi connectivity index (χ2v) is 4.48. The Kier molecular flexibility index (Phi) is 3.07. The van der Waals surface area contributed by atoms with Gasteiger partial charge in [0.2, 0.25) is 5.91 Å². The van der Waals surface area contributed by atoms with Gasteiger partial charge in [-0.1, -0.05) is 12.1 Å². The molecule has 5 heteroatoms. The first-order valence-electron chi connectivity index (χ1n) is 5.27. The van der Waals surface area contributed by atoms with E-state index in [1.165, 1.54) is 0 Å². The minimum atomic E-state index is -1.06. The van der Waals surface area contributed by atoms with Gasteiger partial charge in [0.05, 0.1) is 0 Å². The van der Waals surface area contributed by atoms with Gasteiger partial charge in [-0.15, -0.1) is 11.6 Å².